The number of anilines is 1. The number of ketones is 1. The van der Waals surface area contributed by atoms with Crippen molar-refractivity contribution in [3.8, 4) is 0 Å². The third kappa shape index (κ3) is 1.90. The van der Waals surface area contributed by atoms with Crippen LogP contribution in [-0.4, -0.2) is 26.7 Å². The van der Waals surface area contributed by atoms with Crippen molar-refractivity contribution in [2.75, 3.05) is 5.32 Å². The molecule has 1 N–H and O–H groups in total. The van der Waals surface area contributed by atoms with Gasteiger partial charge in [-0.25, -0.2) is 9.97 Å². The van der Waals surface area contributed by atoms with Gasteiger partial charge in [-0.2, -0.15) is 0 Å². The second kappa shape index (κ2) is 3.60. The van der Waals surface area contributed by atoms with E-state index in [0.29, 0.717) is 6.42 Å². The Morgan fingerprint density at radius 2 is 2.13 bits per heavy atom. The molecular weight excluding hydrogens is 200 g/mol. The van der Waals surface area contributed by atoms with Crippen LogP contribution in [-0.2, 0) is 4.79 Å². The minimum absolute atomic E-state index is 0.122. The van der Waals surface area contributed by atoms with E-state index in [2.05, 4.69) is 15.3 Å². The number of nitrogens with zero attached hydrogens (tertiary/aromatic N) is 3. The first-order valence-electron chi connectivity index (χ1n) is 4.42. The number of aromatic nitrogens is 2. The zero-order valence-electron chi connectivity index (χ0n) is 7.71. The highest BCUT2D eigenvalue weighted by Gasteiger charge is 2.28. The van der Waals surface area contributed by atoms with Crippen molar-refractivity contribution < 1.29 is 9.72 Å². The summed E-state index contributed by atoms with van der Waals surface area (Å²) < 4.78 is 0. The first-order chi connectivity index (χ1) is 7.16. The van der Waals surface area contributed by atoms with Crippen LogP contribution in [0.5, 0.6) is 0 Å². The quantitative estimate of drug-likeness (QED) is 0.574. The molecule has 0 radical (unpaired) electrons. The molecule has 1 saturated carbocycles. The lowest BCUT2D eigenvalue weighted by Crippen LogP contribution is -2.39. The van der Waals surface area contributed by atoms with Crippen molar-refractivity contribution in [3.63, 3.8) is 0 Å². The number of hydrogen-bond acceptors (Lipinski definition) is 6. The molecule has 1 atom stereocenters. The lowest BCUT2D eigenvalue weighted by molar-refractivity contribution is -0.385. The second-order valence-electron chi connectivity index (χ2n) is 3.22. The Morgan fingerprint density at radius 3 is 2.53 bits per heavy atom. The zero-order chi connectivity index (χ0) is 10.8. The van der Waals surface area contributed by atoms with Crippen molar-refractivity contribution >= 4 is 17.4 Å². The fraction of sp³-hybridized carbons (Fsp3) is 0.375. The van der Waals surface area contributed by atoms with E-state index in [0.717, 1.165) is 18.8 Å². The van der Waals surface area contributed by atoms with Gasteiger partial charge in [0.1, 0.15) is 12.4 Å². The number of carbonyl (C=O) groups is 1. The summed E-state index contributed by atoms with van der Waals surface area (Å²) in [6.07, 6.45) is 3.56. The van der Waals surface area contributed by atoms with Crippen LogP contribution in [0.15, 0.2) is 12.4 Å². The Hall–Kier alpha value is -2.05. The van der Waals surface area contributed by atoms with Crippen LogP contribution in [0.4, 0.5) is 11.6 Å². The molecule has 1 aliphatic rings. The first-order valence-corrected chi connectivity index (χ1v) is 4.42. The highest BCUT2D eigenvalue weighted by Crippen LogP contribution is 2.18. The number of nitrogens with one attached hydrogen (secondary N) is 1. The fourth-order valence-corrected chi connectivity index (χ4v) is 1.21. The maximum Gasteiger partial charge on any atom is 0.305 e. The maximum atomic E-state index is 11.0. The molecule has 0 aromatic carbocycles. The molecule has 0 bridgehead atoms. The third-order valence-electron chi connectivity index (χ3n) is 2.22. The predicted octanol–water partition coefficient (Wildman–Crippen LogP) is 0.528. The third-order valence-corrected chi connectivity index (χ3v) is 2.22. The van der Waals surface area contributed by atoms with E-state index < -0.39 is 4.92 Å². The molecule has 1 aromatic heterocycles. The summed E-state index contributed by atoms with van der Waals surface area (Å²) in [7, 11) is 0. The van der Waals surface area contributed by atoms with Gasteiger partial charge in [-0.05, 0) is 6.42 Å². The van der Waals surface area contributed by atoms with Gasteiger partial charge in [0.25, 0.3) is 0 Å². The maximum absolute atomic E-state index is 11.0. The molecule has 1 aromatic rings. The van der Waals surface area contributed by atoms with Crippen LogP contribution in [0.3, 0.4) is 0 Å². The van der Waals surface area contributed by atoms with Gasteiger partial charge >= 0.3 is 5.69 Å². The highest BCUT2D eigenvalue weighted by atomic mass is 16.6. The van der Waals surface area contributed by atoms with E-state index in [1.165, 1.54) is 0 Å². The average molecular weight is 208 g/mol. The molecule has 1 aliphatic carbocycles. The number of carbonyl (C=O) groups excluding carboxylic acids is 1. The Labute approximate surface area is 84.7 Å². The van der Waals surface area contributed by atoms with E-state index in [4.69, 9.17) is 0 Å². The molecule has 0 saturated heterocycles. The Balaban J connectivity index is 2.04. The molecule has 0 amide bonds. The Morgan fingerprint density at radius 1 is 1.47 bits per heavy atom. The number of nitro groups is 1. The zero-order valence-corrected chi connectivity index (χ0v) is 7.71. The minimum atomic E-state index is -0.571. The Bertz CT molecular complexity index is 403. The molecule has 78 valence electrons. The van der Waals surface area contributed by atoms with E-state index in [-0.39, 0.29) is 23.5 Å². The first kappa shape index (κ1) is 9.50. The summed E-state index contributed by atoms with van der Waals surface area (Å²) >= 11 is 0. The largest absolute Gasteiger partial charge is 0.344 e. The van der Waals surface area contributed by atoms with Crippen LogP contribution < -0.4 is 5.32 Å². The number of hydrogen-bond donors (Lipinski definition) is 1. The van der Waals surface area contributed by atoms with Crippen LogP contribution in [0.25, 0.3) is 0 Å². The molecular formula is C8H8N4O3. The van der Waals surface area contributed by atoms with Crippen LogP contribution in [0.2, 0.25) is 0 Å². The van der Waals surface area contributed by atoms with Gasteiger partial charge in [0.2, 0.25) is 5.95 Å². The summed E-state index contributed by atoms with van der Waals surface area (Å²) in [6, 6.07) is -0.230. The van der Waals surface area contributed by atoms with Crippen LogP contribution in [0.1, 0.15) is 12.8 Å². The lowest BCUT2D eigenvalue weighted by Gasteiger charge is -2.24. The molecule has 7 heteroatoms. The van der Waals surface area contributed by atoms with Crippen molar-refractivity contribution in [2.24, 2.45) is 0 Å². The molecule has 1 fully saturated rings. The van der Waals surface area contributed by atoms with Gasteiger partial charge < -0.3 is 5.32 Å². The van der Waals surface area contributed by atoms with Gasteiger partial charge in [0.15, 0.2) is 5.78 Å². The smallest absolute Gasteiger partial charge is 0.305 e. The topological polar surface area (TPSA) is 98.0 Å². The SMILES string of the molecule is O=C1CCC1Nc1ncc([N+](=O)[O-])cn1. The number of rotatable bonds is 3. The summed E-state index contributed by atoms with van der Waals surface area (Å²) in [6.45, 7) is 0. The molecule has 7 nitrogen and oxygen atoms in total. The van der Waals surface area contributed by atoms with E-state index >= 15 is 0 Å². The summed E-state index contributed by atoms with van der Waals surface area (Å²) in [5, 5.41) is 13.1. The standard InChI is InChI=1S/C8H8N4O3/c13-7-2-1-6(7)11-8-9-3-5(4-10-8)12(14)15/h3-4,6H,1-2H2,(H,9,10,11). The van der Waals surface area contributed by atoms with Crippen molar-refractivity contribution in [2.45, 2.75) is 18.9 Å². The summed E-state index contributed by atoms with van der Waals surface area (Å²) in [4.78, 5) is 28.2. The molecule has 15 heavy (non-hydrogen) atoms. The second-order valence-corrected chi connectivity index (χ2v) is 3.22. The van der Waals surface area contributed by atoms with Crippen molar-refractivity contribution in [1.29, 1.82) is 0 Å². The van der Waals surface area contributed by atoms with Crippen LogP contribution in [0, 0.1) is 10.1 Å². The van der Waals surface area contributed by atoms with Gasteiger partial charge in [-0.1, -0.05) is 0 Å². The van der Waals surface area contributed by atoms with Crippen LogP contribution >= 0.6 is 0 Å². The van der Waals surface area contributed by atoms with Crippen molar-refractivity contribution in [1.82, 2.24) is 9.97 Å². The average Bonchev–Trinajstić information content (AvgIpc) is 2.24. The summed E-state index contributed by atoms with van der Waals surface area (Å²) in [5.41, 5.74) is -0.166. The molecule has 2 rings (SSSR count). The van der Waals surface area contributed by atoms with Gasteiger partial charge in [0, 0.05) is 6.42 Å². The fourth-order valence-electron chi connectivity index (χ4n) is 1.21. The van der Waals surface area contributed by atoms with Gasteiger partial charge in [0.05, 0.1) is 11.0 Å². The normalized spacial score (nSPS) is 19.5. The van der Waals surface area contributed by atoms with E-state index in [1.54, 1.807) is 0 Å². The molecule has 0 aliphatic heterocycles. The molecule has 1 unspecified atom stereocenters. The van der Waals surface area contributed by atoms with E-state index in [9.17, 15) is 14.9 Å². The Kier molecular flexibility index (Phi) is 2.28. The molecule has 0 spiro atoms. The summed E-state index contributed by atoms with van der Waals surface area (Å²) in [5.74, 6) is 0.371. The van der Waals surface area contributed by atoms with Crippen molar-refractivity contribution in [3.05, 3.63) is 22.5 Å². The van der Waals surface area contributed by atoms with Gasteiger partial charge in [-0.3, -0.25) is 14.9 Å². The number of Topliss-reactive ketones (excluding diaryl/α,β-unsaturated/α-hetero) is 1. The monoisotopic (exact) mass is 208 g/mol. The predicted molar refractivity (Wildman–Crippen MR) is 50.3 cm³/mol. The minimum Gasteiger partial charge on any atom is -0.344 e. The molecule has 1 heterocycles. The lowest BCUT2D eigenvalue weighted by atomic mass is 9.91. The van der Waals surface area contributed by atoms with E-state index in [1.807, 2.05) is 0 Å². The highest BCUT2D eigenvalue weighted by molar-refractivity contribution is 5.91. The van der Waals surface area contributed by atoms with Gasteiger partial charge in [-0.15, -0.1) is 0 Å².